The number of alkyl halides is 3. The Hall–Kier alpha value is -0.330. The second-order valence-electron chi connectivity index (χ2n) is 2.89. The third-order valence-corrected chi connectivity index (χ3v) is 1.60. The lowest BCUT2D eigenvalue weighted by atomic mass is 10.2. The molecule has 0 bridgehead atoms. The molecule has 1 aliphatic heterocycles. The highest BCUT2D eigenvalue weighted by Gasteiger charge is 2.28. The maximum atomic E-state index is 11.6. The van der Waals surface area contributed by atoms with E-state index in [-0.39, 0.29) is 12.8 Å². The van der Waals surface area contributed by atoms with Crippen molar-refractivity contribution in [1.29, 1.82) is 0 Å². The number of β-amino-alcohol motifs (C(OH)–C–C–N with tert-alkyl or cyclic N) is 1. The van der Waals surface area contributed by atoms with Crippen LogP contribution in [0.4, 0.5) is 13.2 Å². The molecule has 1 saturated heterocycles. The number of nitrogens with one attached hydrogen (secondary N) is 1. The largest absolute Gasteiger partial charge is 0.401 e. The number of hydrogen-bond acceptors (Lipinski definition) is 3. The van der Waals surface area contributed by atoms with Gasteiger partial charge < -0.3 is 5.11 Å². The number of nitrogens with zero attached hydrogens (tertiary/aromatic N) is 1. The van der Waals surface area contributed by atoms with E-state index < -0.39 is 12.7 Å². The molecule has 1 rings (SSSR count). The normalized spacial score (nSPS) is 21.0. The molecule has 0 spiro atoms. The highest BCUT2D eigenvalue weighted by atomic mass is 19.4. The van der Waals surface area contributed by atoms with Gasteiger partial charge in [0.15, 0.2) is 0 Å². The molecule has 0 amide bonds. The molecule has 0 aromatic rings. The van der Waals surface area contributed by atoms with Crippen LogP contribution in [0.1, 0.15) is 0 Å². The summed E-state index contributed by atoms with van der Waals surface area (Å²) in [7, 11) is 0. The predicted molar refractivity (Wildman–Crippen MR) is 36.5 cm³/mol. The number of halogens is 3. The summed E-state index contributed by atoms with van der Waals surface area (Å²) in [5, 5.41) is 11.0. The highest BCUT2D eigenvalue weighted by Crippen LogP contribution is 2.12. The fraction of sp³-hybridized carbons (Fsp3) is 1.00. The van der Waals surface area contributed by atoms with Gasteiger partial charge in [0.05, 0.1) is 12.6 Å². The van der Waals surface area contributed by atoms with Gasteiger partial charge in [-0.3, -0.25) is 10.2 Å². The third-order valence-electron chi connectivity index (χ3n) is 1.60. The molecule has 72 valence electrons. The van der Waals surface area contributed by atoms with Crippen LogP contribution in [-0.4, -0.2) is 48.6 Å². The van der Waals surface area contributed by atoms with E-state index in [0.717, 1.165) is 0 Å². The number of hydrogen-bond donors (Lipinski definition) is 2. The van der Waals surface area contributed by atoms with Crippen molar-refractivity contribution in [2.45, 2.75) is 12.3 Å². The smallest absolute Gasteiger partial charge is 0.390 e. The summed E-state index contributed by atoms with van der Waals surface area (Å²) >= 11 is 0. The van der Waals surface area contributed by atoms with Gasteiger partial charge in [-0.25, -0.2) is 0 Å². The van der Waals surface area contributed by atoms with Crippen LogP contribution in [0, 0.1) is 0 Å². The van der Waals surface area contributed by atoms with Gasteiger partial charge >= 0.3 is 6.18 Å². The zero-order chi connectivity index (χ0) is 9.19. The summed E-state index contributed by atoms with van der Waals surface area (Å²) in [6.07, 6.45) is -4.51. The molecule has 0 atom stereocenters. The standard InChI is InChI=1S/C6H11F3N2O/c7-6(8,9)3-10-4-11-1-5(12)2-11/h5,10,12H,1-4H2. The molecular formula is C6H11F3N2O. The molecule has 2 N–H and O–H groups in total. The number of rotatable bonds is 3. The quantitative estimate of drug-likeness (QED) is 0.636. The van der Waals surface area contributed by atoms with Gasteiger partial charge in [-0.2, -0.15) is 13.2 Å². The van der Waals surface area contributed by atoms with Crippen molar-refractivity contribution in [1.82, 2.24) is 10.2 Å². The maximum absolute atomic E-state index is 11.6. The molecular weight excluding hydrogens is 173 g/mol. The minimum atomic E-state index is -4.15. The topological polar surface area (TPSA) is 35.5 Å². The summed E-state index contributed by atoms with van der Waals surface area (Å²) < 4.78 is 34.7. The Morgan fingerprint density at radius 1 is 1.42 bits per heavy atom. The monoisotopic (exact) mass is 184 g/mol. The summed E-state index contributed by atoms with van der Waals surface area (Å²) in [4.78, 5) is 1.70. The van der Waals surface area contributed by atoms with Crippen molar-refractivity contribution in [2.24, 2.45) is 0 Å². The Labute approximate surface area is 68.2 Å². The van der Waals surface area contributed by atoms with Crippen LogP contribution >= 0.6 is 0 Å². The molecule has 6 heteroatoms. The molecule has 12 heavy (non-hydrogen) atoms. The Kier molecular flexibility index (Phi) is 2.92. The van der Waals surface area contributed by atoms with Crippen LogP contribution in [0.2, 0.25) is 0 Å². The maximum Gasteiger partial charge on any atom is 0.401 e. The van der Waals surface area contributed by atoms with Crippen LogP contribution in [0.3, 0.4) is 0 Å². The fourth-order valence-corrected chi connectivity index (χ4v) is 1.03. The molecule has 1 heterocycles. The zero-order valence-corrected chi connectivity index (χ0v) is 6.43. The summed E-state index contributed by atoms with van der Waals surface area (Å²) in [5.41, 5.74) is 0. The van der Waals surface area contributed by atoms with E-state index >= 15 is 0 Å². The van der Waals surface area contributed by atoms with Crippen LogP contribution in [0.5, 0.6) is 0 Å². The van der Waals surface area contributed by atoms with E-state index in [9.17, 15) is 13.2 Å². The Balaban J connectivity index is 1.97. The lowest BCUT2D eigenvalue weighted by molar-refractivity contribution is -0.127. The van der Waals surface area contributed by atoms with Gasteiger partial charge in [0, 0.05) is 19.8 Å². The van der Waals surface area contributed by atoms with Crippen molar-refractivity contribution in [3.8, 4) is 0 Å². The number of aliphatic hydroxyl groups excluding tert-OH is 1. The molecule has 0 aliphatic carbocycles. The lowest BCUT2D eigenvalue weighted by Crippen LogP contribution is -2.54. The van der Waals surface area contributed by atoms with E-state index in [0.29, 0.717) is 13.1 Å². The van der Waals surface area contributed by atoms with Gasteiger partial charge in [-0.1, -0.05) is 0 Å². The number of likely N-dealkylation sites (tertiary alicyclic amines) is 1. The number of aliphatic hydroxyl groups is 1. The molecule has 1 aliphatic rings. The van der Waals surface area contributed by atoms with E-state index in [1.807, 2.05) is 0 Å². The van der Waals surface area contributed by atoms with Crippen LogP contribution < -0.4 is 5.32 Å². The lowest BCUT2D eigenvalue weighted by Gasteiger charge is -2.35. The summed E-state index contributed by atoms with van der Waals surface area (Å²) in [6.45, 7) is 0.145. The SMILES string of the molecule is OC1CN(CNCC(F)(F)F)C1. The summed E-state index contributed by atoms with van der Waals surface area (Å²) in [6, 6.07) is 0. The first-order valence-corrected chi connectivity index (χ1v) is 3.65. The zero-order valence-electron chi connectivity index (χ0n) is 6.43. The van der Waals surface area contributed by atoms with Gasteiger partial charge in [0.25, 0.3) is 0 Å². The van der Waals surface area contributed by atoms with Crippen LogP contribution in [0.15, 0.2) is 0 Å². The van der Waals surface area contributed by atoms with Gasteiger partial charge in [-0.05, 0) is 0 Å². The van der Waals surface area contributed by atoms with Crippen molar-refractivity contribution in [2.75, 3.05) is 26.3 Å². The first kappa shape index (κ1) is 9.76. The fourth-order valence-electron chi connectivity index (χ4n) is 1.03. The molecule has 0 unspecified atom stereocenters. The molecule has 1 fully saturated rings. The van der Waals surface area contributed by atoms with E-state index in [2.05, 4.69) is 5.32 Å². The average Bonchev–Trinajstić information content (AvgIpc) is 1.81. The second kappa shape index (κ2) is 3.59. The average molecular weight is 184 g/mol. The van der Waals surface area contributed by atoms with E-state index in [1.165, 1.54) is 0 Å². The third kappa shape index (κ3) is 3.38. The Bertz CT molecular complexity index is 144. The Morgan fingerprint density at radius 3 is 2.42 bits per heavy atom. The second-order valence-corrected chi connectivity index (χ2v) is 2.89. The van der Waals surface area contributed by atoms with E-state index in [4.69, 9.17) is 5.11 Å². The molecule has 0 aromatic heterocycles. The van der Waals surface area contributed by atoms with Crippen LogP contribution in [-0.2, 0) is 0 Å². The molecule has 0 saturated carbocycles. The van der Waals surface area contributed by atoms with Crippen LogP contribution in [0.25, 0.3) is 0 Å². The van der Waals surface area contributed by atoms with Gasteiger partial charge in [0.2, 0.25) is 0 Å². The minimum Gasteiger partial charge on any atom is -0.390 e. The van der Waals surface area contributed by atoms with E-state index in [1.54, 1.807) is 4.90 Å². The van der Waals surface area contributed by atoms with Crippen molar-refractivity contribution in [3.05, 3.63) is 0 Å². The first-order valence-electron chi connectivity index (χ1n) is 3.65. The minimum absolute atomic E-state index is 0.191. The molecule has 0 radical (unpaired) electrons. The molecule has 0 aromatic carbocycles. The predicted octanol–water partition coefficient (Wildman–Crippen LogP) is -0.228. The van der Waals surface area contributed by atoms with Crippen molar-refractivity contribution < 1.29 is 18.3 Å². The first-order chi connectivity index (χ1) is 5.47. The highest BCUT2D eigenvalue weighted by molar-refractivity contribution is 4.77. The van der Waals surface area contributed by atoms with Gasteiger partial charge in [-0.15, -0.1) is 0 Å². The van der Waals surface area contributed by atoms with Gasteiger partial charge in [0.1, 0.15) is 0 Å². The Morgan fingerprint density at radius 2 is 2.00 bits per heavy atom. The van der Waals surface area contributed by atoms with Crippen molar-refractivity contribution in [3.63, 3.8) is 0 Å². The van der Waals surface area contributed by atoms with Crippen molar-refractivity contribution >= 4 is 0 Å². The summed E-state index contributed by atoms with van der Waals surface area (Å²) in [5.74, 6) is 0. The molecule has 3 nitrogen and oxygen atoms in total.